The molecule has 2 aliphatic heterocycles. The Labute approximate surface area is 77.8 Å². The van der Waals surface area contributed by atoms with E-state index in [9.17, 15) is 0 Å². The predicted molar refractivity (Wildman–Crippen MR) is 45.3 cm³/mol. The van der Waals surface area contributed by atoms with Crippen molar-refractivity contribution in [1.82, 2.24) is 0 Å². The van der Waals surface area contributed by atoms with Crippen LogP contribution in [0.4, 0.5) is 0 Å². The van der Waals surface area contributed by atoms with E-state index in [1.54, 1.807) is 0 Å². The van der Waals surface area contributed by atoms with Gasteiger partial charge >= 0.3 is 0 Å². The summed E-state index contributed by atoms with van der Waals surface area (Å²) < 4.78 is 16.5. The van der Waals surface area contributed by atoms with Crippen LogP contribution in [0.1, 0.15) is 20.3 Å². The molecule has 4 nitrogen and oxygen atoms in total. The minimum atomic E-state index is -0.531. The maximum Gasteiger partial charge on any atom is 0.163 e. The van der Waals surface area contributed by atoms with Crippen LogP contribution in [-0.4, -0.2) is 42.4 Å². The van der Waals surface area contributed by atoms with Gasteiger partial charge in [0.15, 0.2) is 5.79 Å². The third-order valence-corrected chi connectivity index (χ3v) is 2.36. The number of ether oxygens (including phenoxy) is 3. The summed E-state index contributed by atoms with van der Waals surface area (Å²) in [7, 11) is 0. The van der Waals surface area contributed by atoms with E-state index in [2.05, 4.69) is 0 Å². The average molecular weight is 188 g/mol. The second kappa shape index (κ2) is 3.20. The zero-order valence-electron chi connectivity index (χ0n) is 8.03. The molecule has 0 radical (unpaired) electrons. The lowest BCUT2D eigenvalue weighted by Crippen LogP contribution is -2.28. The molecule has 1 N–H and O–H groups in total. The molecule has 2 aliphatic rings. The molecule has 0 amide bonds. The standard InChI is InChI=1S/C9H16O4/c1-9(2)12-6(3-4-10)8(13-9)7-5-11-7/h6-8,10H,3-5H2,1-2H3/t6-,7+,8+/m1/s1. The first kappa shape index (κ1) is 9.40. The first-order chi connectivity index (χ1) is 6.12. The van der Waals surface area contributed by atoms with Crippen molar-refractivity contribution in [3.8, 4) is 0 Å². The molecule has 0 spiro atoms. The van der Waals surface area contributed by atoms with E-state index in [0.29, 0.717) is 6.42 Å². The van der Waals surface area contributed by atoms with Gasteiger partial charge < -0.3 is 19.3 Å². The summed E-state index contributed by atoms with van der Waals surface area (Å²) in [4.78, 5) is 0. The van der Waals surface area contributed by atoms with Crippen molar-refractivity contribution in [2.75, 3.05) is 13.2 Å². The molecule has 0 saturated carbocycles. The lowest BCUT2D eigenvalue weighted by atomic mass is 10.1. The number of aliphatic hydroxyl groups excluding tert-OH is 1. The van der Waals surface area contributed by atoms with Crippen LogP contribution in [0.2, 0.25) is 0 Å². The van der Waals surface area contributed by atoms with Gasteiger partial charge in [0.05, 0.1) is 12.7 Å². The zero-order valence-corrected chi connectivity index (χ0v) is 8.03. The van der Waals surface area contributed by atoms with E-state index >= 15 is 0 Å². The van der Waals surface area contributed by atoms with Gasteiger partial charge in [-0.2, -0.15) is 0 Å². The fourth-order valence-corrected chi connectivity index (χ4v) is 1.77. The Balaban J connectivity index is 1.98. The zero-order chi connectivity index (χ0) is 9.47. The van der Waals surface area contributed by atoms with Crippen LogP contribution >= 0.6 is 0 Å². The summed E-state index contributed by atoms with van der Waals surface area (Å²) in [6, 6.07) is 0. The Bertz CT molecular complexity index is 188. The Morgan fingerprint density at radius 1 is 1.38 bits per heavy atom. The first-order valence-electron chi connectivity index (χ1n) is 4.70. The van der Waals surface area contributed by atoms with Crippen molar-refractivity contribution in [3.05, 3.63) is 0 Å². The predicted octanol–water partition coefficient (Wildman–Crippen LogP) is 0.288. The number of epoxide rings is 1. The third-order valence-electron chi connectivity index (χ3n) is 2.36. The minimum Gasteiger partial charge on any atom is -0.396 e. The highest BCUT2D eigenvalue weighted by Crippen LogP contribution is 2.35. The van der Waals surface area contributed by atoms with Crippen LogP contribution in [-0.2, 0) is 14.2 Å². The maximum atomic E-state index is 8.84. The van der Waals surface area contributed by atoms with Gasteiger partial charge in [-0.25, -0.2) is 0 Å². The lowest BCUT2D eigenvalue weighted by Gasteiger charge is -2.16. The molecule has 76 valence electrons. The fraction of sp³-hybridized carbons (Fsp3) is 1.00. The summed E-state index contributed by atoms with van der Waals surface area (Å²) in [6.45, 7) is 4.67. The number of rotatable bonds is 3. The van der Waals surface area contributed by atoms with Crippen LogP contribution in [0.15, 0.2) is 0 Å². The second-order valence-corrected chi connectivity index (χ2v) is 4.02. The molecule has 0 aromatic carbocycles. The quantitative estimate of drug-likeness (QED) is 0.647. The molecule has 2 heterocycles. The molecule has 2 saturated heterocycles. The second-order valence-electron chi connectivity index (χ2n) is 4.02. The molecule has 0 aliphatic carbocycles. The highest BCUT2D eigenvalue weighted by Gasteiger charge is 2.49. The van der Waals surface area contributed by atoms with Crippen LogP contribution < -0.4 is 0 Å². The summed E-state index contributed by atoms with van der Waals surface area (Å²) in [6.07, 6.45) is 0.779. The average Bonchev–Trinajstić information content (AvgIpc) is 2.78. The van der Waals surface area contributed by atoms with Gasteiger partial charge in [0.25, 0.3) is 0 Å². The first-order valence-corrected chi connectivity index (χ1v) is 4.70. The van der Waals surface area contributed by atoms with Gasteiger partial charge in [0.2, 0.25) is 0 Å². The van der Waals surface area contributed by atoms with Crippen LogP contribution in [0.25, 0.3) is 0 Å². The summed E-state index contributed by atoms with van der Waals surface area (Å²) in [5.41, 5.74) is 0. The topological polar surface area (TPSA) is 51.2 Å². The summed E-state index contributed by atoms with van der Waals surface area (Å²) in [5, 5.41) is 8.84. The van der Waals surface area contributed by atoms with Crippen molar-refractivity contribution in [3.63, 3.8) is 0 Å². The van der Waals surface area contributed by atoms with E-state index in [1.807, 2.05) is 13.8 Å². The highest BCUT2D eigenvalue weighted by molar-refractivity contribution is 4.91. The lowest BCUT2D eigenvalue weighted by molar-refractivity contribution is -0.148. The van der Waals surface area contributed by atoms with E-state index in [-0.39, 0.29) is 24.9 Å². The molecule has 2 fully saturated rings. The largest absolute Gasteiger partial charge is 0.396 e. The molecule has 4 heteroatoms. The van der Waals surface area contributed by atoms with Crippen molar-refractivity contribution in [1.29, 1.82) is 0 Å². The molecule has 2 rings (SSSR count). The Morgan fingerprint density at radius 3 is 2.62 bits per heavy atom. The number of hydrogen-bond acceptors (Lipinski definition) is 4. The molecule has 3 atom stereocenters. The minimum absolute atomic E-state index is 0.00199. The molecule has 0 unspecified atom stereocenters. The smallest absolute Gasteiger partial charge is 0.163 e. The van der Waals surface area contributed by atoms with Crippen LogP contribution in [0.3, 0.4) is 0 Å². The normalized spacial score (nSPS) is 42.2. The van der Waals surface area contributed by atoms with Crippen molar-refractivity contribution < 1.29 is 19.3 Å². The van der Waals surface area contributed by atoms with E-state index in [0.717, 1.165) is 6.61 Å². The summed E-state index contributed by atoms with van der Waals surface area (Å²) in [5.74, 6) is -0.531. The SMILES string of the molecule is CC1(C)O[C@H]([C@@H]2CO2)[C@@H](CCO)O1. The van der Waals surface area contributed by atoms with Gasteiger partial charge in [0.1, 0.15) is 12.2 Å². The van der Waals surface area contributed by atoms with Gasteiger partial charge in [-0.1, -0.05) is 0 Å². The maximum absolute atomic E-state index is 8.84. The highest BCUT2D eigenvalue weighted by atomic mass is 16.8. The molecule has 0 aromatic rings. The van der Waals surface area contributed by atoms with Gasteiger partial charge in [-0.15, -0.1) is 0 Å². The molecule has 13 heavy (non-hydrogen) atoms. The monoisotopic (exact) mass is 188 g/mol. The van der Waals surface area contributed by atoms with Crippen LogP contribution in [0, 0.1) is 0 Å². The Kier molecular flexibility index (Phi) is 2.32. The molecular formula is C9H16O4. The van der Waals surface area contributed by atoms with Crippen molar-refractivity contribution in [2.45, 2.75) is 44.4 Å². The van der Waals surface area contributed by atoms with E-state index < -0.39 is 5.79 Å². The fourth-order valence-electron chi connectivity index (χ4n) is 1.77. The van der Waals surface area contributed by atoms with Gasteiger partial charge in [-0.3, -0.25) is 0 Å². The van der Waals surface area contributed by atoms with Crippen molar-refractivity contribution in [2.24, 2.45) is 0 Å². The van der Waals surface area contributed by atoms with E-state index in [4.69, 9.17) is 19.3 Å². The Morgan fingerprint density at radius 2 is 2.08 bits per heavy atom. The summed E-state index contributed by atoms with van der Waals surface area (Å²) >= 11 is 0. The number of hydrogen-bond donors (Lipinski definition) is 1. The van der Waals surface area contributed by atoms with Crippen LogP contribution in [0.5, 0.6) is 0 Å². The number of aliphatic hydroxyl groups is 1. The van der Waals surface area contributed by atoms with Gasteiger partial charge in [-0.05, 0) is 20.3 Å². The Hall–Kier alpha value is -0.160. The van der Waals surface area contributed by atoms with E-state index in [1.165, 1.54) is 0 Å². The van der Waals surface area contributed by atoms with Crippen molar-refractivity contribution >= 4 is 0 Å². The molecule has 0 bridgehead atoms. The third kappa shape index (κ3) is 2.02. The molecular weight excluding hydrogens is 172 g/mol. The van der Waals surface area contributed by atoms with Gasteiger partial charge in [0, 0.05) is 6.61 Å². The molecule has 0 aromatic heterocycles.